The Kier molecular flexibility index (Phi) is 4.36. The van der Waals surface area contributed by atoms with Crippen molar-refractivity contribution in [1.82, 2.24) is 10.0 Å². The predicted octanol–water partition coefficient (Wildman–Crippen LogP) is -0.122. The quantitative estimate of drug-likeness (QED) is 0.673. The number of thiocarbonyl (C=S) groups is 1. The summed E-state index contributed by atoms with van der Waals surface area (Å²) in [5, 5.41) is 2.63. The average molecular weight is 313 g/mol. The number of carbonyl (C=O) groups excluding carboxylic acids is 1. The number of sulfonamides is 1. The van der Waals surface area contributed by atoms with Gasteiger partial charge in [0.2, 0.25) is 15.9 Å². The first kappa shape index (κ1) is 14.9. The van der Waals surface area contributed by atoms with Crippen molar-refractivity contribution in [2.45, 2.75) is 23.8 Å². The number of rotatable bonds is 4. The third kappa shape index (κ3) is 3.53. The smallest absolute Gasteiger partial charge is 0.240 e. The van der Waals surface area contributed by atoms with Crippen LogP contribution in [0.15, 0.2) is 29.2 Å². The van der Waals surface area contributed by atoms with Crippen LogP contribution in [0.3, 0.4) is 0 Å². The van der Waals surface area contributed by atoms with E-state index in [2.05, 4.69) is 10.0 Å². The van der Waals surface area contributed by atoms with Gasteiger partial charge in [0.1, 0.15) is 4.99 Å². The Morgan fingerprint density at radius 2 is 2.20 bits per heavy atom. The molecule has 0 radical (unpaired) electrons. The largest absolute Gasteiger partial charge is 0.389 e. The second-order valence-corrected chi connectivity index (χ2v) is 6.71. The summed E-state index contributed by atoms with van der Waals surface area (Å²) >= 11 is 4.83. The molecule has 1 saturated heterocycles. The van der Waals surface area contributed by atoms with Crippen molar-refractivity contribution in [1.29, 1.82) is 0 Å². The number of hydrogen-bond donors (Lipinski definition) is 3. The first-order valence-electron chi connectivity index (χ1n) is 6.07. The van der Waals surface area contributed by atoms with Crippen LogP contribution in [0.25, 0.3) is 0 Å². The van der Waals surface area contributed by atoms with Gasteiger partial charge in [-0.1, -0.05) is 24.4 Å². The van der Waals surface area contributed by atoms with E-state index in [1.165, 1.54) is 12.1 Å². The van der Waals surface area contributed by atoms with Crippen LogP contribution >= 0.6 is 12.2 Å². The minimum absolute atomic E-state index is 0.0593. The van der Waals surface area contributed by atoms with E-state index in [0.29, 0.717) is 24.9 Å². The molecule has 1 fully saturated rings. The monoisotopic (exact) mass is 313 g/mol. The number of hydrogen-bond acceptors (Lipinski definition) is 4. The highest BCUT2D eigenvalue weighted by Gasteiger charge is 2.24. The summed E-state index contributed by atoms with van der Waals surface area (Å²) in [6.45, 7) is 0.299. The Morgan fingerprint density at radius 1 is 1.45 bits per heavy atom. The van der Waals surface area contributed by atoms with Crippen molar-refractivity contribution >= 4 is 33.1 Å². The summed E-state index contributed by atoms with van der Waals surface area (Å²) < 4.78 is 27.1. The normalized spacial score (nSPS) is 19.4. The second kappa shape index (κ2) is 5.86. The van der Waals surface area contributed by atoms with Crippen LogP contribution in [0.4, 0.5) is 0 Å². The van der Waals surface area contributed by atoms with E-state index in [1.807, 2.05) is 0 Å². The first-order valence-corrected chi connectivity index (χ1v) is 7.96. The summed E-state index contributed by atoms with van der Waals surface area (Å²) in [4.78, 5) is 11.3. The van der Waals surface area contributed by atoms with Crippen LogP contribution in [0.1, 0.15) is 18.4 Å². The second-order valence-electron chi connectivity index (χ2n) is 4.55. The molecule has 8 heteroatoms. The predicted molar refractivity (Wildman–Crippen MR) is 78.7 cm³/mol. The molecule has 6 nitrogen and oxygen atoms in total. The van der Waals surface area contributed by atoms with Gasteiger partial charge in [0.15, 0.2) is 0 Å². The molecule has 1 aromatic rings. The van der Waals surface area contributed by atoms with Gasteiger partial charge in [-0.25, -0.2) is 13.1 Å². The average Bonchev–Trinajstić information content (AvgIpc) is 2.41. The topological polar surface area (TPSA) is 101 Å². The van der Waals surface area contributed by atoms with Gasteiger partial charge in [0.05, 0.1) is 4.90 Å². The Balaban J connectivity index is 2.16. The minimum atomic E-state index is -3.65. The van der Waals surface area contributed by atoms with Crippen LogP contribution in [0.5, 0.6) is 0 Å². The number of piperidine rings is 1. The summed E-state index contributed by atoms with van der Waals surface area (Å²) in [6.07, 6.45) is 0.806. The Morgan fingerprint density at radius 3 is 2.80 bits per heavy atom. The summed E-state index contributed by atoms with van der Waals surface area (Å²) in [5.74, 6) is -0.0593. The Hall–Kier alpha value is -1.51. The lowest BCUT2D eigenvalue weighted by atomic mass is 10.1. The number of nitrogens with two attached hydrogens (primary N) is 1. The third-order valence-electron chi connectivity index (χ3n) is 3.02. The molecule has 0 spiro atoms. The summed E-state index contributed by atoms with van der Waals surface area (Å²) in [5.41, 5.74) is 5.99. The molecule has 1 atom stereocenters. The summed E-state index contributed by atoms with van der Waals surface area (Å²) in [6, 6.07) is 5.86. The van der Waals surface area contributed by atoms with Crippen LogP contribution in [0, 0.1) is 0 Å². The van der Waals surface area contributed by atoms with Crippen LogP contribution < -0.4 is 15.8 Å². The molecule has 0 aliphatic carbocycles. The van der Waals surface area contributed by atoms with E-state index in [1.54, 1.807) is 12.1 Å². The fourth-order valence-corrected chi connectivity index (χ4v) is 3.38. The molecule has 1 aromatic carbocycles. The van der Waals surface area contributed by atoms with E-state index in [-0.39, 0.29) is 21.8 Å². The highest BCUT2D eigenvalue weighted by Crippen LogP contribution is 2.14. The zero-order chi connectivity index (χ0) is 14.8. The molecular weight excluding hydrogens is 298 g/mol. The zero-order valence-electron chi connectivity index (χ0n) is 10.6. The van der Waals surface area contributed by atoms with Gasteiger partial charge in [-0.15, -0.1) is 0 Å². The first-order chi connectivity index (χ1) is 9.38. The molecule has 1 amide bonds. The highest BCUT2D eigenvalue weighted by atomic mass is 32.2. The zero-order valence-corrected chi connectivity index (χ0v) is 12.3. The minimum Gasteiger partial charge on any atom is -0.389 e. The van der Waals surface area contributed by atoms with Gasteiger partial charge in [-0.05, 0) is 18.6 Å². The van der Waals surface area contributed by atoms with Crippen molar-refractivity contribution < 1.29 is 13.2 Å². The maximum absolute atomic E-state index is 12.2. The molecule has 4 N–H and O–H groups in total. The third-order valence-corrected chi connectivity index (χ3v) is 4.77. The molecular formula is C12H15N3O3S2. The molecule has 1 aliphatic heterocycles. The van der Waals surface area contributed by atoms with Crippen molar-refractivity contribution in [2.24, 2.45) is 5.73 Å². The summed E-state index contributed by atoms with van der Waals surface area (Å²) in [7, 11) is -3.65. The van der Waals surface area contributed by atoms with Gasteiger partial charge < -0.3 is 11.1 Å². The molecule has 2 rings (SSSR count). The van der Waals surface area contributed by atoms with Crippen LogP contribution in [-0.2, 0) is 14.8 Å². The number of nitrogens with one attached hydrogen (secondary N) is 2. The maximum atomic E-state index is 12.2. The van der Waals surface area contributed by atoms with E-state index in [0.717, 1.165) is 0 Å². The molecule has 1 heterocycles. The highest BCUT2D eigenvalue weighted by molar-refractivity contribution is 7.89. The number of carbonyl (C=O) groups is 1. The van der Waals surface area contributed by atoms with E-state index in [4.69, 9.17) is 18.0 Å². The van der Waals surface area contributed by atoms with E-state index in [9.17, 15) is 13.2 Å². The lowest BCUT2D eigenvalue weighted by Gasteiger charge is -2.23. The van der Waals surface area contributed by atoms with Gasteiger partial charge in [-0.2, -0.15) is 0 Å². The molecule has 1 unspecified atom stereocenters. The molecule has 20 heavy (non-hydrogen) atoms. The van der Waals surface area contributed by atoms with Crippen molar-refractivity contribution in [3.63, 3.8) is 0 Å². The van der Waals surface area contributed by atoms with E-state index >= 15 is 0 Å². The fourth-order valence-electron chi connectivity index (χ4n) is 1.94. The van der Waals surface area contributed by atoms with Gasteiger partial charge in [-0.3, -0.25) is 4.79 Å². The molecule has 0 saturated carbocycles. The van der Waals surface area contributed by atoms with Crippen molar-refractivity contribution in [2.75, 3.05) is 6.54 Å². The lowest BCUT2D eigenvalue weighted by Crippen LogP contribution is -2.47. The SMILES string of the molecule is NC(=S)c1cccc(S(=O)(=O)NC2CCC(=O)NC2)c1. The van der Waals surface area contributed by atoms with Gasteiger partial charge in [0.25, 0.3) is 0 Å². The number of amides is 1. The van der Waals surface area contributed by atoms with Crippen LogP contribution in [-0.4, -0.2) is 31.9 Å². The van der Waals surface area contributed by atoms with E-state index < -0.39 is 10.0 Å². The number of benzene rings is 1. The lowest BCUT2D eigenvalue weighted by molar-refractivity contribution is -0.122. The van der Waals surface area contributed by atoms with Gasteiger partial charge in [0, 0.05) is 24.6 Å². The Bertz CT molecular complexity index is 633. The fraction of sp³-hybridized carbons (Fsp3) is 0.333. The standard InChI is InChI=1S/C12H15N3O3S2/c13-12(19)8-2-1-3-10(6-8)20(17,18)15-9-4-5-11(16)14-7-9/h1-3,6,9,15H,4-5,7H2,(H2,13,19)(H,14,16). The van der Waals surface area contributed by atoms with Gasteiger partial charge >= 0.3 is 0 Å². The molecule has 0 bridgehead atoms. The van der Waals surface area contributed by atoms with Crippen LogP contribution in [0.2, 0.25) is 0 Å². The van der Waals surface area contributed by atoms with Crippen molar-refractivity contribution in [3.05, 3.63) is 29.8 Å². The Labute approximate surface area is 122 Å². The maximum Gasteiger partial charge on any atom is 0.240 e. The molecule has 1 aliphatic rings. The van der Waals surface area contributed by atoms with Crippen molar-refractivity contribution in [3.8, 4) is 0 Å². The molecule has 108 valence electrons. The molecule has 0 aromatic heterocycles.